The van der Waals surface area contributed by atoms with Crippen LogP contribution in [0.15, 0.2) is 0 Å². The molecule has 0 spiro atoms. The van der Waals surface area contributed by atoms with Gasteiger partial charge < -0.3 is 15.3 Å². The molecule has 20 heavy (non-hydrogen) atoms. The fourth-order valence-electron chi connectivity index (χ4n) is 3.63. The number of nitrogens with zero attached hydrogens (tertiary/aromatic N) is 1. The third-order valence-corrected chi connectivity index (χ3v) is 4.76. The van der Waals surface area contributed by atoms with Crippen LogP contribution in [0.25, 0.3) is 0 Å². The van der Waals surface area contributed by atoms with Crippen molar-refractivity contribution in [3.05, 3.63) is 0 Å². The van der Waals surface area contributed by atoms with Gasteiger partial charge in [-0.2, -0.15) is 0 Å². The molecule has 0 radical (unpaired) electrons. The van der Waals surface area contributed by atoms with E-state index in [0.717, 1.165) is 45.2 Å². The van der Waals surface area contributed by atoms with Crippen molar-refractivity contribution in [1.82, 2.24) is 10.2 Å². The van der Waals surface area contributed by atoms with Gasteiger partial charge in [0.15, 0.2) is 0 Å². The zero-order valence-electron chi connectivity index (χ0n) is 12.9. The molecule has 1 aliphatic heterocycles. The van der Waals surface area contributed by atoms with Crippen LogP contribution in [-0.2, 0) is 4.79 Å². The van der Waals surface area contributed by atoms with Crippen LogP contribution in [0.5, 0.6) is 0 Å². The molecule has 0 bridgehead atoms. The molecule has 0 aromatic heterocycles. The zero-order chi connectivity index (χ0) is 14.4. The lowest BCUT2D eigenvalue weighted by molar-refractivity contribution is -0.130. The Morgan fingerprint density at radius 1 is 1.25 bits per heavy atom. The van der Waals surface area contributed by atoms with Crippen LogP contribution in [0.3, 0.4) is 0 Å². The second-order valence-corrected chi connectivity index (χ2v) is 6.82. The lowest BCUT2D eigenvalue weighted by atomic mass is 9.79. The second kappa shape index (κ2) is 7.41. The van der Waals surface area contributed by atoms with Gasteiger partial charge in [-0.25, -0.2) is 0 Å². The Morgan fingerprint density at radius 2 is 1.95 bits per heavy atom. The fraction of sp³-hybridized carbons (Fsp3) is 0.938. The molecule has 4 nitrogen and oxygen atoms in total. The van der Waals surface area contributed by atoms with Gasteiger partial charge in [-0.1, -0.05) is 32.6 Å². The molecule has 1 saturated heterocycles. The number of carbonyl (C=O) groups is 1. The van der Waals surface area contributed by atoms with Gasteiger partial charge in [0.05, 0.1) is 12.1 Å². The van der Waals surface area contributed by atoms with Gasteiger partial charge in [0.25, 0.3) is 0 Å². The first kappa shape index (κ1) is 15.8. The van der Waals surface area contributed by atoms with Crippen LogP contribution in [0.4, 0.5) is 0 Å². The Bertz CT molecular complexity index is 314. The smallest absolute Gasteiger partial charge is 0.236 e. The van der Waals surface area contributed by atoms with Crippen molar-refractivity contribution in [2.24, 2.45) is 5.92 Å². The minimum absolute atomic E-state index is 0.194. The summed E-state index contributed by atoms with van der Waals surface area (Å²) in [6.07, 6.45) is 8.79. The van der Waals surface area contributed by atoms with Crippen molar-refractivity contribution in [3.63, 3.8) is 0 Å². The molecule has 2 N–H and O–H groups in total. The molecule has 0 aromatic carbocycles. The average molecular weight is 282 g/mol. The summed E-state index contributed by atoms with van der Waals surface area (Å²) in [5, 5.41) is 13.7. The summed E-state index contributed by atoms with van der Waals surface area (Å²) < 4.78 is 0. The molecule has 1 saturated carbocycles. The summed E-state index contributed by atoms with van der Waals surface area (Å²) in [5.74, 6) is 0.788. The van der Waals surface area contributed by atoms with Gasteiger partial charge in [0.1, 0.15) is 0 Å². The quantitative estimate of drug-likeness (QED) is 0.828. The van der Waals surface area contributed by atoms with E-state index in [2.05, 4.69) is 12.2 Å². The molecule has 0 aromatic rings. The molecule has 116 valence electrons. The summed E-state index contributed by atoms with van der Waals surface area (Å²) >= 11 is 0. The zero-order valence-corrected chi connectivity index (χ0v) is 12.9. The van der Waals surface area contributed by atoms with Crippen LogP contribution in [0.2, 0.25) is 0 Å². The highest BCUT2D eigenvalue weighted by atomic mass is 16.3. The maximum absolute atomic E-state index is 12.1. The van der Waals surface area contributed by atoms with Gasteiger partial charge in [-0.3, -0.25) is 4.79 Å². The van der Waals surface area contributed by atoms with Crippen LogP contribution in [-0.4, -0.2) is 47.7 Å². The van der Waals surface area contributed by atoms with Crippen LogP contribution in [0.1, 0.15) is 58.3 Å². The highest BCUT2D eigenvalue weighted by Crippen LogP contribution is 2.31. The Labute approximate surface area is 122 Å². The Kier molecular flexibility index (Phi) is 5.85. The van der Waals surface area contributed by atoms with E-state index in [1.807, 2.05) is 4.90 Å². The molecule has 2 atom stereocenters. The van der Waals surface area contributed by atoms with Gasteiger partial charge in [0.2, 0.25) is 5.91 Å². The van der Waals surface area contributed by atoms with Crippen molar-refractivity contribution in [1.29, 1.82) is 0 Å². The van der Waals surface area contributed by atoms with E-state index >= 15 is 0 Å². The van der Waals surface area contributed by atoms with Crippen LogP contribution < -0.4 is 5.32 Å². The molecule has 1 aliphatic carbocycles. The van der Waals surface area contributed by atoms with Crippen molar-refractivity contribution >= 4 is 5.91 Å². The maximum atomic E-state index is 12.1. The van der Waals surface area contributed by atoms with E-state index in [0.29, 0.717) is 19.0 Å². The van der Waals surface area contributed by atoms with E-state index in [1.54, 1.807) is 0 Å². The molecule has 2 aliphatic rings. The molecular formula is C16H30N2O2. The average Bonchev–Trinajstić information content (AvgIpc) is 2.67. The lowest BCUT2D eigenvalue weighted by Gasteiger charge is -2.35. The van der Waals surface area contributed by atoms with E-state index in [1.165, 1.54) is 19.3 Å². The highest BCUT2D eigenvalue weighted by molar-refractivity contribution is 5.78. The molecule has 1 amide bonds. The van der Waals surface area contributed by atoms with E-state index in [4.69, 9.17) is 0 Å². The number of carbonyl (C=O) groups excluding carboxylic acids is 1. The monoisotopic (exact) mass is 282 g/mol. The molecule has 2 rings (SSSR count). The summed E-state index contributed by atoms with van der Waals surface area (Å²) in [6, 6.07) is 0. The normalized spacial score (nSPS) is 31.9. The predicted octanol–water partition coefficient (Wildman–Crippen LogP) is 1.92. The Balaban J connectivity index is 1.70. The number of hydrogen-bond donors (Lipinski definition) is 2. The van der Waals surface area contributed by atoms with E-state index in [-0.39, 0.29) is 5.91 Å². The van der Waals surface area contributed by atoms with Crippen molar-refractivity contribution in [2.45, 2.75) is 63.9 Å². The topological polar surface area (TPSA) is 52.6 Å². The third-order valence-electron chi connectivity index (χ3n) is 4.76. The molecule has 2 unspecified atom stereocenters. The largest absolute Gasteiger partial charge is 0.389 e. The Hall–Kier alpha value is -0.610. The lowest BCUT2D eigenvalue weighted by Crippen LogP contribution is -2.47. The fourth-order valence-corrected chi connectivity index (χ4v) is 3.63. The first-order valence-electron chi connectivity index (χ1n) is 8.30. The first-order valence-corrected chi connectivity index (χ1v) is 8.30. The summed E-state index contributed by atoms with van der Waals surface area (Å²) in [5.41, 5.74) is -0.600. The van der Waals surface area contributed by atoms with E-state index in [9.17, 15) is 9.90 Å². The van der Waals surface area contributed by atoms with Crippen molar-refractivity contribution in [3.8, 4) is 0 Å². The number of aliphatic hydroxyl groups is 1. The summed E-state index contributed by atoms with van der Waals surface area (Å²) in [7, 11) is 0. The molecule has 2 fully saturated rings. The number of rotatable bonds is 4. The van der Waals surface area contributed by atoms with Gasteiger partial charge in [-0.05, 0) is 31.6 Å². The first-order chi connectivity index (χ1) is 9.59. The molecule has 1 heterocycles. The standard InChI is InChI=1S/C16H30N2O2/c1-14-7-6-8-16(20,11-14)13-17-12-15(19)18-9-4-2-3-5-10-18/h14,17,20H,2-13H2,1H3. The second-order valence-electron chi connectivity index (χ2n) is 6.82. The third kappa shape index (κ3) is 4.74. The number of likely N-dealkylation sites (tertiary alicyclic amines) is 1. The van der Waals surface area contributed by atoms with Crippen molar-refractivity contribution in [2.75, 3.05) is 26.2 Å². The minimum Gasteiger partial charge on any atom is -0.389 e. The van der Waals surface area contributed by atoms with E-state index < -0.39 is 5.60 Å². The molecule has 4 heteroatoms. The van der Waals surface area contributed by atoms with Gasteiger partial charge in [0, 0.05) is 19.6 Å². The molecular weight excluding hydrogens is 252 g/mol. The number of amides is 1. The van der Waals surface area contributed by atoms with Crippen LogP contribution >= 0.6 is 0 Å². The predicted molar refractivity (Wildman–Crippen MR) is 80.5 cm³/mol. The highest BCUT2D eigenvalue weighted by Gasteiger charge is 2.32. The van der Waals surface area contributed by atoms with Gasteiger partial charge in [-0.15, -0.1) is 0 Å². The van der Waals surface area contributed by atoms with Gasteiger partial charge >= 0.3 is 0 Å². The van der Waals surface area contributed by atoms with Crippen LogP contribution in [0, 0.1) is 5.92 Å². The number of hydrogen-bond acceptors (Lipinski definition) is 3. The minimum atomic E-state index is -0.600. The summed E-state index contributed by atoms with van der Waals surface area (Å²) in [6.45, 7) is 4.93. The maximum Gasteiger partial charge on any atom is 0.236 e. The Morgan fingerprint density at radius 3 is 2.60 bits per heavy atom. The number of nitrogens with one attached hydrogen (secondary N) is 1. The van der Waals surface area contributed by atoms with Crippen molar-refractivity contribution < 1.29 is 9.90 Å². The summed E-state index contributed by atoms with van der Waals surface area (Å²) in [4.78, 5) is 14.1. The SMILES string of the molecule is CC1CCCC(O)(CNCC(=O)N2CCCCCC2)C1.